The SMILES string of the molecule is COc1ccc(Cl)cc1NC(=O)N[C@@H](c1ccsc1)c1cccs1. The first-order valence-electron chi connectivity index (χ1n) is 7.14. The van der Waals surface area contributed by atoms with Gasteiger partial charge in [-0.15, -0.1) is 11.3 Å². The zero-order valence-corrected chi connectivity index (χ0v) is 15.2. The minimum absolute atomic E-state index is 0.193. The molecular weight excluding hydrogens is 364 g/mol. The summed E-state index contributed by atoms with van der Waals surface area (Å²) in [5.74, 6) is 0.553. The summed E-state index contributed by atoms with van der Waals surface area (Å²) in [5, 5.41) is 12.4. The molecule has 0 radical (unpaired) electrons. The third-order valence-electron chi connectivity index (χ3n) is 3.39. The molecule has 0 saturated carbocycles. The van der Waals surface area contributed by atoms with Crippen LogP contribution in [0, 0.1) is 0 Å². The molecule has 0 aliphatic carbocycles. The van der Waals surface area contributed by atoms with E-state index in [1.807, 2.05) is 34.3 Å². The summed E-state index contributed by atoms with van der Waals surface area (Å²) >= 11 is 9.20. The minimum Gasteiger partial charge on any atom is -0.495 e. The number of methoxy groups -OCH3 is 1. The molecule has 4 nitrogen and oxygen atoms in total. The summed E-state index contributed by atoms with van der Waals surface area (Å²) in [6.07, 6.45) is 0. The minimum atomic E-state index is -0.319. The molecule has 0 spiro atoms. The number of hydrogen-bond donors (Lipinski definition) is 2. The van der Waals surface area contributed by atoms with Crippen LogP contribution in [0.15, 0.2) is 52.5 Å². The van der Waals surface area contributed by atoms with Crippen molar-refractivity contribution in [1.29, 1.82) is 0 Å². The van der Waals surface area contributed by atoms with Crippen LogP contribution in [0.2, 0.25) is 5.02 Å². The smallest absolute Gasteiger partial charge is 0.320 e. The topological polar surface area (TPSA) is 50.4 Å². The van der Waals surface area contributed by atoms with Gasteiger partial charge in [-0.05, 0) is 52.0 Å². The number of carbonyl (C=O) groups excluding carboxylic acids is 1. The van der Waals surface area contributed by atoms with Crippen molar-refractivity contribution < 1.29 is 9.53 Å². The number of carbonyl (C=O) groups is 1. The Morgan fingerprint density at radius 1 is 1.25 bits per heavy atom. The molecule has 2 N–H and O–H groups in total. The molecule has 0 saturated heterocycles. The number of anilines is 1. The van der Waals surface area contributed by atoms with E-state index < -0.39 is 0 Å². The molecule has 0 aliphatic rings. The third-order valence-corrected chi connectivity index (χ3v) is 5.26. The van der Waals surface area contributed by atoms with Gasteiger partial charge in [-0.1, -0.05) is 17.7 Å². The average Bonchev–Trinajstić information content (AvgIpc) is 3.27. The van der Waals surface area contributed by atoms with Crippen LogP contribution in [0.3, 0.4) is 0 Å². The second-order valence-corrected chi connectivity index (χ2v) is 7.14. The fraction of sp³-hybridized carbons (Fsp3) is 0.118. The largest absolute Gasteiger partial charge is 0.495 e. The van der Waals surface area contributed by atoms with Crippen molar-refractivity contribution >= 4 is 46.0 Å². The maximum Gasteiger partial charge on any atom is 0.320 e. The van der Waals surface area contributed by atoms with Gasteiger partial charge in [0.25, 0.3) is 0 Å². The van der Waals surface area contributed by atoms with Gasteiger partial charge in [0.05, 0.1) is 18.8 Å². The molecule has 7 heteroatoms. The summed E-state index contributed by atoms with van der Waals surface area (Å²) in [6, 6.07) is 10.6. The Morgan fingerprint density at radius 3 is 2.79 bits per heavy atom. The quantitative estimate of drug-likeness (QED) is 0.626. The van der Waals surface area contributed by atoms with Crippen molar-refractivity contribution in [2.75, 3.05) is 12.4 Å². The molecule has 1 atom stereocenters. The molecule has 24 heavy (non-hydrogen) atoms. The van der Waals surface area contributed by atoms with Crippen molar-refractivity contribution in [3.8, 4) is 5.75 Å². The van der Waals surface area contributed by atoms with Crippen molar-refractivity contribution in [3.63, 3.8) is 0 Å². The first-order valence-corrected chi connectivity index (χ1v) is 9.34. The maximum absolute atomic E-state index is 12.5. The van der Waals surface area contributed by atoms with E-state index in [-0.39, 0.29) is 12.1 Å². The molecule has 1 aromatic carbocycles. The third kappa shape index (κ3) is 3.90. The summed E-state index contributed by atoms with van der Waals surface area (Å²) in [5.41, 5.74) is 1.58. The van der Waals surface area contributed by atoms with E-state index in [9.17, 15) is 4.79 Å². The number of ether oxygens (including phenoxy) is 1. The summed E-state index contributed by atoms with van der Waals surface area (Å²) in [7, 11) is 1.55. The van der Waals surface area contributed by atoms with Gasteiger partial charge in [-0.25, -0.2) is 4.79 Å². The predicted octanol–water partition coefficient (Wildman–Crippen LogP) is 5.38. The number of hydrogen-bond acceptors (Lipinski definition) is 4. The average molecular weight is 379 g/mol. The molecule has 2 amide bonds. The lowest BCUT2D eigenvalue weighted by Gasteiger charge is -2.18. The normalized spacial score (nSPS) is 11.8. The fourth-order valence-corrected chi connectivity index (χ4v) is 3.94. The van der Waals surface area contributed by atoms with Crippen LogP contribution < -0.4 is 15.4 Å². The van der Waals surface area contributed by atoms with E-state index in [4.69, 9.17) is 16.3 Å². The molecule has 124 valence electrons. The van der Waals surface area contributed by atoms with Gasteiger partial charge in [-0.3, -0.25) is 0 Å². The molecule has 0 aliphatic heterocycles. The van der Waals surface area contributed by atoms with Crippen molar-refractivity contribution in [2.45, 2.75) is 6.04 Å². The van der Waals surface area contributed by atoms with E-state index in [0.717, 1.165) is 10.4 Å². The maximum atomic E-state index is 12.5. The number of benzene rings is 1. The van der Waals surface area contributed by atoms with Gasteiger partial charge in [0.15, 0.2) is 0 Å². The van der Waals surface area contributed by atoms with Crippen LogP contribution in [0.1, 0.15) is 16.5 Å². The highest BCUT2D eigenvalue weighted by Gasteiger charge is 2.19. The molecule has 0 bridgehead atoms. The first-order chi connectivity index (χ1) is 11.7. The second kappa shape index (κ2) is 7.70. The van der Waals surface area contributed by atoms with Crippen LogP contribution in [0.25, 0.3) is 0 Å². The predicted molar refractivity (Wildman–Crippen MR) is 101 cm³/mol. The van der Waals surface area contributed by atoms with Gasteiger partial charge in [-0.2, -0.15) is 11.3 Å². The number of nitrogens with one attached hydrogen (secondary N) is 2. The highest BCUT2D eigenvalue weighted by molar-refractivity contribution is 7.10. The molecular formula is C17H15ClN2O2S2. The lowest BCUT2D eigenvalue weighted by Crippen LogP contribution is -2.32. The summed E-state index contributed by atoms with van der Waals surface area (Å²) < 4.78 is 5.25. The second-order valence-electron chi connectivity index (χ2n) is 4.95. The summed E-state index contributed by atoms with van der Waals surface area (Å²) in [4.78, 5) is 13.6. The highest BCUT2D eigenvalue weighted by atomic mass is 35.5. The van der Waals surface area contributed by atoms with Crippen molar-refractivity contribution in [3.05, 3.63) is 68.0 Å². The van der Waals surface area contributed by atoms with Gasteiger partial charge in [0.1, 0.15) is 5.75 Å². The molecule has 3 aromatic rings. The zero-order valence-electron chi connectivity index (χ0n) is 12.8. The molecule has 2 aromatic heterocycles. The standard InChI is InChI=1S/C17H15ClN2O2S2/c1-22-14-5-4-12(18)9-13(14)19-17(21)20-16(11-6-8-23-10-11)15-3-2-7-24-15/h2-10,16H,1H3,(H2,19,20,21)/t16-/m0/s1. The van der Waals surface area contributed by atoms with Crippen LogP contribution in [-0.4, -0.2) is 13.1 Å². The number of amides is 2. The van der Waals surface area contributed by atoms with Crippen LogP contribution >= 0.6 is 34.3 Å². The highest BCUT2D eigenvalue weighted by Crippen LogP contribution is 2.30. The number of urea groups is 1. The van der Waals surface area contributed by atoms with Crippen molar-refractivity contribution in [2.24, 2.45) is 0 Å². The summed E-state index contributed by atoms with van der Waals surface area (Å²) in [6.45, 7) is 0. The Kier molecular flexibility index (Phi) is 5.40. The van der Waals surface area contributed by atoms with E-state index in [2.05, 4.69) is 10.6 Å². The lowest BCUT2D eigenvalue weighted by molar-refractivity contribution is 0.250. The Morgan fingerprint density at radius 2 is 2.12 bits per heavy atom. The van der Waals surface area contributed by atoms with E-state index >= 15 is 0 Å². The Bertz CT molecular complexity index is 770. The first kappa shape index (κ1) is 16.8. The van der Waals surface area contributed by atoms with Crippen molar-refractivity contribution in [1.82, 2.24) is 5.32 Å². The molecule has 0 fully saturated rings. The molecule has 0 unspecified atom stereocenters. The van der Waals surface area contributed by atoms with E-state index in [0.29, 0.717) is 16.5 Å². The van der Waals surface area contributed by atoms with E-state index in [1.165, 1.54) is 0 Å². The van der Waals surface area contributed by atoms with E-state index in [1.54, 1.807) is 48.0 Å². The fourth-order valence-electron chi connectivity index (χ4n) is 2.28. The Balaban J connectivity index is 1.79. The Labute approximate surface area is 153 Å². The lowest BCUT2D eigenvalue weighted by atomic mass is 10.1. The number of thiophene rings is 2. The van der Waals surface area contributed by atoms with Crippen LogP contribution in [-0.2, 0) is 0 Å². The molecule has 3 rings (SSSR count). The monoisotopic (exact) mass is 378 g/mol. The molecule has 2 heterocycles. The van der Waals surface area contributed by atoms with Gasteiger partial charge >= 0.3 is 6.03 Å². The Hall–Kier alpha value is -2.02. The van der Waals surface area contributed by atoms with Crippen LogP contribution in [0.5, 0.6) is 5.75 Å². The van der Waals surface area contributed by atoms with Gasteiger partial charge in [0, 0.05) is 9.90 Å². The number of halogens is 1. The van der Waals surface area contributed by atoms with Gasteiger partial charge < -0.3 is 15.4 Å². The number of rotatable bonds is 5. The zero-order chi connectivity index (χ0) is 16.9. The van der Waals surface area contributed by atoms with Crippen LogP contribution in [0.4, 0.5) is 10.5 Å². The van der Waals surface area contributed by atoms with Gasteiger partial charge in [0.2, 0.25) is 0 Å².